The first-order valence-corrected chi connectivity index (χ1v) is 4.67. The zero-order valence-corrected chi connectivity index (χ0v) is 8.03. The Morgan fingerprint density at radius 2 is 2.25 bits per heavy atom. The van der Waals surface area contributed by atoms with Crippen LogP contribution in [-0.2, 0) is 6.42 Å². The lowest BCUT2D eigenvalue weighted by molar-refractivity contribution is 0.286. The predicted molar refractivity (Wildman–Crippen MR) is 47.9 cm³/mol. The van der Waals surface area contributed by atoms with E-state index in [1.165, 1.54) is 6.07 Å². The summed E-state index contributed by atoms with van der Waals surface area (Å²) in [5.74, 6) is 0.442. The van der Waals surface area contributed by atoms with Gasteiger partial charge in [0.15, 0.2) is 0 Å². The van der Waals surface area contributed by atoms with Crippen LogP contribution in [0.15, 0.2) is 16.6 Å². The zero-order valence-electron chi connectivity index (χ0n) is 6.44. The standard InChI is InChI=1S/C9H8BrFO/c10-7-4-6-2-1-3-12-9(6)5-8(7)11/h4-5H,1-3H2. The fourth-order valence-electron chi connectivity index (χ4n) is 1.34. The largest absolute Gasteiger partial charge is 0.493 e. The minimum absolute atomic E-state index is 0.254. The second-order valence-electron chi connectivity index (χ2n) is 2.83. The molecule has 3 heteroatoms. The fraction of sp³-hybridized carbons (Fsp3) is 0.333. The van der Waals surface area contributed by atoms with Crippen molar-refractivity contribution in [3.8, 4) is 5.75 Å². The summed E-state index contributed by atoms with van der Waals surface area (Å²) in [5.41, 5.74) is 1.09. The predicted octanol–water partition coefficient (Wildman–Crippen LogP) is 2.91. The zero-order chi connectivity index (χ0) is 8.55. The molecule has 1 aliphatic heterocycles. The van der Waals surface area contributed by atoms with Crippen LogP contribution in [0.1, 0.15) is 12.0 Å². The van der Waals surface area contributed by atoms with Crippen molar-refractivity contribution in [2.45, 2.75) is 12.8 Å². The first-order chi connectivity index (χ1) is 5.77. The third-order valence-electron chi connectivity index (χ3n) is 1.95. The van der Waals surface area contributed by atoms with E-state index in [2.05, 4.69) is 15.9 Å². The number of rotatable bonds is 0. The van der Waals surface area contributed by atoms with Crippen molar-refractivity contribution < 1.29 is 9.13 Å². The van der Waals surface area contributed by atoms with Crippen molar-refractivity contribution in [3.63, 3.8) is 0 Å². The van der Waals surface area contributed by atoms with E-state index in [-0.39, 0.29) is 5.82 Å². The summed E-state index contributed by atoms with van der Waals surface area (Å²) >= 11 is 3.14. The van der Waals surface area contributed by atoms with Gasteiger partial charge in [0.1, 0.15) is 11.6 Å². The Morgan fingerprint density at radius 3 is 3.08 bits per heavy atom. The number of hydrogen-bond acceptors (Lipinski definition) is 1. The first kappa shape index (κ1) is 8.05. The van der Waals surface area contributed by atoms with E-state index in [1.54, 1.807) is 6.07 Å². The Hall–Kier alpha value is -0.570. The van der Waals surface area contributed by atoms with Gasteiger partial charge in [-0.05, 0) is 40.4 Å². The Bertz CT molecular complexity index is 281. The second kappa shape index (κ2) is 3.05. The molecule has 2 rings (SSSR count). The van der Waals surface area contributed by atoms with Gasteiger partial charge in [0.25, 0.3) is 0 Å². The van der Waals surface area contributed by atoms with Crippen molar-refractivity contribution in [2.75, 3.05) is 6.61 Å². The maximum Gasteiger partial charge on any atom is 0.141 e. The number of benzene rings is 1. The summed E-state index contributed by atoms with van der Waals surface area (Å²) in [7, 11) is 0. The van der Waals surface area contributed by atoms with Gasteiger partial charge in [-0.3, -0.25) is 0 Å². The topological polar surface area (TPSA) is 9.23 Å². The highest BCUT2D eigenvalue weighted by Crippen LogP contribution is 2.29. The van der Waals surface area contributed by atoms with E-state index in [1.807, 2.05) is 0 Å². The molecule has 0 aliphatic carbocycles. The van der Waals surface area contributed by atoms with Crippen LogP contribution < -0.4 is 4.74 Å². The average molecular weight is 231 g/mol. The van der Waals surface area contributed by atoms with Crippen LogP contribution in [0.4, 0.5) is 4.39 Å². The molecule has 0 radical (unpaired) electrons. The molecule has 0 bridgehead atoms. The number of hydrogen-bond donors (Lipinski definition) is 0. The maximum atomic E-state index is 13.0. The molecule has 0 N–H and O–H groups in total. The number of halogens is 2. The molecule has 64 valence electrons. The smallest absolute Gasteiger partial charge is 0.141 e. The molecular formula is C9H8BrFO. The molecule has 0 saturated heterocycles. The molecule has 0 unspecified atom stereocenters. The third kappa shape index (κ3) is 1.33. The molecule has 0 fully saturated rings. The van der Waals surface area contributed by atoms with E-state index < -0.39 is 0 Å². The molecule has 1 aromatic carbocycles. The minimum Gasteiger partial charge on any atom is -0.493 e. The molecule has 1 aliphatic rings. The number of ether oxygens (including phenoxy) is 1. The van der Waals surface area contributed by atoms with Gasteiger partial charge in [-0.1, -0.05) is 0 Å². The van der Waals surface area contributed by atoms with Gasteiger partial charge in [-0.25, -0.2) is 4.39 Å². The highest BCUT2D eigenvalue weighted by molar-refractivity contribution is 9.10. The molecule has 0 saturated carbocycles. The van der Waals surface area contributed by atoms with Crippen molar-refractivity contribution in [3.05, 3.63) is 28.0 Å². The molecular weight excluding hydrogens is 223 g/mol. The van der Waals surface area contributed by atoms with Gasteiger partial charge in [0.05, 0.1) is 11.1 Å². The van der Waals surface area contributed by atoms with Crippen molar-refractivity contribution in [2.24, 2.45) is 0 Å². The van der Waals surface area contributed by atoms with Gasteiger partial charge < -0.3 is 4.74 Å². The third-order valence-corrected chi connectivity index (χ3v) is 2.56. The molecule has 1 aromatic rings. The summed E-state index contributed by atoms with van der Waals surface area (Å²) in [6.45, 7) is 0.702. The SMILES string of the molecule is Fc1cc2c(cc1Br)CCCO2. The molecule has 12 heavy (non-hydrogen) atoms. The maximum absolute atomic E-state index is 13.0. The lowest BCUT2D eigenvalue weighted by Crippen LogP contribution is -2.08. The fourth-order valence-corrected chi connectivity index (χ4v) is 1.74. The van der Waals surface area contributed by atoms with Gasteiger partial charge >= 0.3 is 0 Å². The van der Waals surface area contributed by atoms with Crippen LogP contribution >= 0.6 is 15.9 Å². The lowest BCUT2D eigenvalue weighted by atomic mass is 10.1. The van der Waals surface area contributed by atoms with Gasteiger partial charge in [-0.15, -0.1) is 0 Å². The summed E-state index contributed by atoms with van der Waals surface area (Å²) in [5, 5.41) is 0. The van der Waals surface area contributed by atoms with Crippen LogP contribution in [0.25, 0.3) is 0 Å². The Kier molecular flexibility index (Phi) is 2.05. The first-order valence-electron chi connectivity index (χ1n) is 3.88. The minimum atomic E-state index is -0.254. The Morgan fingerprint density at radius 1 is 1.42 bits per heavy atom. The van der Waals surface area contributed by atoms with Gasteiger partial charge in [-0.2, -0.15) is 0 Å². The summed E-state index contributed by atoms with van der Waals surface area (Å²) in [6.07, 6.45) is 2.00. The quantitative estimate of drug-likeness (QED) is 0.667. The number of aryl methyl sites for hydroxylation is 1. The van der Waals surface area contributed by atoms with Crippen LogP contribution in [0.3, 0.4) is 0 Å². The van der Waals surface area contributed by atoms with E-state index in [0.717, 1.165) is 18.4 Å². The molecule has 0 atom stereocenters. The summed E-state index contributed by atoms with van der Waals surface area (Å²) < 4.78 is 18.8. The number of fused-ring (bicyclic) bond motifs is 1. The van der Waals surface area contributed by atoms with Crippen LogP contribution in [0, 0.1) is 5.82 Å². The highest BCUT2D eigenvalue weighted by Gasteiger charge is 2.12. The van der Waals surface area contributed by atoms with E-state index in [9.17, 15) is 4.39 Å². The monoisotopic (exact) mass is 230 g/mol. The Balaban J connectivity index is 2.49. The van der Waals surface area contributed by atoms with E-state index in [4.69, 9.17) is 4.74 Å². The summed E-state index contributed by atoms with van der Waals surface area (Å²) in [6, 6.07) is 3.24. The van der Waals surface area contributed by atoms with Crippen LogP contribution in [0.5, 0.6) is 5.75 Å². The van der Waals surface area contributed by atoms with Crippen molar-refractivity contribution in [1.29, 1.82) is 0 Å². The van der Waals surface area contributed by atoms with Crippen molar-refractivity contribution in [1.82, 2.24) is 0 Å². The Labute approximate surface area is 78.7 Å². The molecule has 0 amide bonds. The summed E-state index contributed by atoms with van der Waals surface area (Å²) in [4.78, 5) is 0. The van der Waals surface area contributed by atoms with E-state index in [0.29, 0.717) is 16.8 Å². The van der Waals surface area contributed by atoms with Gasteiger partial charge in [0.2, 0.25) is 0 Å². The highest BCUT2D eigenvalue weighted by atomic mass is 79.9. The molecule has 0 spiro atoms. The van der Waals surface area contributed by atoms with Crippen molar-refractivity contribution >= 4 is 15.9 Å². The normalized spacial score (nSPS) is 15.2. The molecule has 1 nitrogen and oxygen atoms in total. The lowest BCUT2D eigenvalue weighted by Gasteiger charge is -2.17. The molecule has 0 aromatic heterocycles. The van der Waals surface area contributed by atoms with Gasteiger partial charge in [0, 0.05) is 6.07 Å². The van der Waals surface area contributed by atoms with E-state index >= 15 is 0 Å². The average Bonchev–Trinajstić information content (AvgIpc) is 2.07. The van der Waals surface area contributed by atoms with Crippen LogP contribution in [-0.4, -0.2) is 6.61 Å². The molecule has 1 heterocycles. The van der Waals surface area contributed by atoms with Crippen LogP contribution in [0.2, 0.25) is 0 Å². The second-order valence-corrected chi connectivity index (χ2v) is 3.68.